The number of hydroxylamine groups is 1. The lowest BCUT2D eigenvalue weighted by Gasteiger charge is -2.26. The van der Waals surface area contributed by atoms with Crippen LogP contribution < -0.4 is 10.8 Å². The number of rotatable bonds is 9. The van der Waals surface area contributed by atoms with E-state index in [-0.39, 0.29) is 5.92 Å². The summed E-state index contributed by atoms with van der Waals surface area (Å²) in [6, 6.07) is 14.7. The van der Waals surface area contributed by atoms with Crippen LogP contribution in [-0.4, -0.2) is 51.0 Å². The second kappa shape index (κ2) is 10.7. The van der Waals surface area contributed by atoms with Crippen LogP contribution in [0.15, 0.2) is 59.8 Å². The Hall–Kier alpha value is -3.72. The fraction of sp³-hybridized carbons (Fsp3) is 0.333. The van der Waals surface area contributed by atoms with Crippen LogP contribution >= 0.6 is 0 Å². The maximum atomic E-state index is 12.8. The number of carbonyl (C=O) groups excluding carboxylic acids is 3. The average molecular weight is 453 g/mol. The van der Waals surface area contributed by atoms with Gasteiger partial charge < -0.3 is 10.5 Å². The van der Waals surface area contributed by atoms with Gasteiger partial charge in [-0.15, -0.1) is 0 Å². The molecule has 1 aliphatic heterocycles. The van der Waals surface area contributed by atoms with Gasteiger partial charge in [0.15, 0.2) is 0 Å². The first kappa shape index (κ1) is 23.9. The van der Waals surface area contributed by atoms with Gasteiger partial charge in [-0.3, -0.25) is 14.8 Å². The minimum Gasteiger partial charge on any atom is -0.411 e. The number of oxime groups is 1. The van der Waals surface area contributed by atoms with Gasteiger partial charge in [-0.2, -0.15) is 0 Å². The van der Waals surface area contributed by atoms with Crippen LogP contribution in [0, 0.1) is 5.92 Å². The molecule has 9 heteroatoms. The first-order valence-electron chi connectivity index (χ1n) is 10.8. The molecule has 4 amide bonds. The lowest BCUT2D eigenvalue weighted by Crippen LogP contribution is -2.52. The number of aryl methyl sites for hydroxylation is 1. The Bertz CT molecular complexity index is 1020. The third kappa shape index (κ3) is 5.56. The van der Waals surface area contributed by atoms with Crippen LogP contribution in [-0.2, 0) is 22.4 Å². The van der Waals surface area contributed by atoms with E-state index in [1.54, 1.807) is 13.8 Å². The minimum absolute atomic E-state index is 0.358. The van der Waals surface area contributed by atoms with E-state index in [9.17, 15) is 19.6 Å². The van der Waals surface area contributed by atoms with E-state index in [0.29, 0.717) is 25.0 Å². The summed E-state index contributed by atoms with van der Waals surface area (Å²) >= 11 is 0. The number of urea groups is 1. The van der Waals surface area contributed by atoms with Crippen molar-refractivity contribution < 1.29 is 24.8 Å². The van der Waals surface area contributed by atoms with Crippen LogP contribution in [0.4, 0.5) is 4.79 Å². The van der Waals surface area contributed by atoms with Crippen molar-refractivity contribution in [2.45, 2.75) is 45.2 Å². The highest BCUT2D eigenvalue weighted by atomic mass is 16.5. The van der Waals surface area contributed by atoms with E-state index >= 15 is 0 Å². The van der Waals surface area contributed by atoms with Gasteiger partial charge in [-0.05, 0) is 35.4 Å². The molecular weight excluding hydrogens is 424 g/mol. The van der Waals surface area contributed by atoms with Crippen molar-refractivity contribution in [1.82, 2.24) is 15.7 Å². The molecule has 1 heterocycles. The lowest BCUT2D eigenvalue weighted by atomic mass is 9.98. The van der Waals surface area contributed by atoms with Crippen molar-refractivity contribution in [3.8, 4) is 0 Å². The predicted molar refractivity (Wildman–Crippen MR) is 121 cm³/mol. The number of benzene rings is 2. The molecule has 2 aromatic carbocycles. The fourth-order valence-electron chi connectivity index (χ4n) is 3.95. The van der Waals surface area contributed by atoms with Crippen molar-refractivity contribution >= 4 is 23.6 Å². The molecule has 3 rings (SSSR count). The number of carbonyl (C=O) groups is 3. The summed E-state index contributed by atoms with van der Waals surface area (Å²) in [5, 5.41) is 24.5. The molecule has 1 saturated heterocycles. The third-order valence-corrected chi connectivity index (χ3v) is 5.68. The Morgan fingerprint density at radius 3 is 2.33 bits per heavy atom. The third-order valence-electron chi connectivity index (χ3n) is 5.68. The number of amides is 4. The molecule has 33 heavy (non-hydrogen) atoms. The summed E-state index contributed by atoms with van der Waals surface area (Å²) in [7, 11) is 0. The van der Waals surface area contributed by atoms with Crippen LogP contribution in [0.3, 0.4) is 0 Å². The Balaban J connectivity index is 1.63. The van der Waals surface area contributed by atoms with Gasteiger partial charge in [0, 0.05) is 6.42 Å². The SMILES string of the molecule is CC(C)C(C(=O)NO)N1C(=O)NC(CCc2ccc(C(Cc3ccccc3)=NO)cc2)C1=O. The summed E-state index contributed by atoms with van der Waals surface area (Å²) in [5.41, 5.74) is 4.84. The van der Waals surface area contributed by atoms with Crippen molar-refractivity contribution in [3.05, 3.63) is 71.3 Å². The quantitative estimate of drug-likeness (QED) is 0.153. The molecule has 9 nitrogen and oxygen atoms in total. The van der Waals surface area contributed by atoms with Crippen molar-refractivity contribution in [2.24, 2.45) is 11.1 Å². The molecule has 2 aromatic rings. The number of hydrogen-bond acceptors (Lipinski definition) is 6. The summed E-state index contributed by atoms with van der Waals surface area (Å²) in [4.78, 5) is 38.0. The van der Waals surface area contributed by atoms with Crippen molar-refractivity contribution in [2.75, 3.05) is 0 Å². The van der Waals surface area contributed by atoms with E-state index in [1.807, 2.05) is 54.6 Å². The molecule has 174 valence electrons. The molecule has 4 N–H and O–H groups in total. The van der Waals surface area contributed by atoms with E-state index in [0.717, 1.165) is 21.6 Å². The Morgan fingerprint density at radius 1 is 1.09 bits per heavy atom. The van der Waals surface area contributed by atoms with Crippen molar-refractivity contribution in [1.29, 1.82) is 0 Å². The number of nitrogens with zero attached hydrogens (tertiary/aromatic N) is 2. The molecule has 2 atom stereocenters. The molecule has 0 saturated carbocycles. The molecular formula is C24H28N4O5. The lowest BCUT2D eigenvalue weighted by molar-refractivity contribution is -0.142. The van der Waals surface area contributed by atoms with Gasteiger partial charge in [0.1, 0.15) is 12.1 Å². The van der Waals surface area contributed by atoms with Gasteiger partial charge in [0.25, 0.3) is 11.8 Å². The number of imide groups is 1. The highest BCUT2D eigenvalue weighted by molar-refractivity contribution is 6.07. The van der Waals surface area contributed by atoms with Gasteiger partial charge in [0.2, 0.25) is 0 Å². The van der Waals surface area contributed by atoms with Gasteiger partial charge >= 0.3 is 6.03 Å². The summed E-state index contributed by atoms with van der Waals surface area (Å²) in [6.45, 7) is 3.38. The summed E-state index contributed by atoms with van der Waals surface area (Å²) < 4.78 is 0. The van der Waals surface area contributed by atoms with E-state index in [4.69, 9.17) is 5.21 Å². The second-order valence-electron chi connectivity index (χ2n) is 8.32. The Kier molecular flexibility index (Phi) is 7.78. The molecule has 0 aliphatic carbocycles. The van der Waals surface area contributed by atoms with E-state index in [2.05, 4.69) is 10.5 Å². The maximum Gasteiger partial charge on any atom is 0.325 e. The maximum absolute atomic E-state index is 12.8. The van der Waals surface area contributed by atoms with Crippen LogP contribution in [0.1, 0.15) is 37.0 Å². The smallest absolute Gasteiger partial charge is 0.325 e. The van der Waals surface area contributed by atoms with E-state index in [1.165, 1.54) is 5.48 Å². The predicted octanol–water partition coefficient (Wildman–Crippen LogP) is 2.49. The minimum atomic E-state index is -1.09. The molecule has 0 bridgehead atoms. The van der Waals surface area contributed by atoms with Crippen LogP contribution in [0.5, 0.6) is 0 Å². The van der Waals surface area contributed by atoms with Gasteiger partial charge in [-0.25, -0.2) is 15.2 Å². The fourth-order valence-corrected chi connectivity index (χ4v) is 3.95. The number of nitrogens with one attached hydrogen (secondary N) is 2. The number of hydrogen-bond donors (Lipinski definition) is 4. The average Bonchev–Trinajstić information content (AvgIpc) is 3.10. The van der Waals surface area contributed by atoms with Crippen LogP contribution in [0.2, 0.25) is 0 Å². The molecule has 1 fully saturated rings. The van der Waals surface area contributed by atoms with Crippen LogP contribution in [0.25, 0.3) is 0 Å². The Morgan fingerprint density at radius 2 is 1.76 bits per heavy atom. The first-order chi connectivity index (χ1) is 15.8. The largest absolute Gasteiger partial charge is 0.411 e. The molecule has 1 aliphatic rings. The molecule has 0 radical (unpaired) electrons. The topological polar surface area (TPSA) is 131 Å². The molecule has 2 unspecified atom stereocenters. The van der Waals surface area contributed by atoms with E-state index < -0.39 is 29.9 Å². The standard InChI is InChI=1S/C24H28N4O5/c1-15(2)21(22(29)27-33)28-23(30)19(25-24(28)31)13-10-16-8-11-18(12-9-16)20(26-32)14-17-6-4-3-5-7-17/h3-9,11-12,15,19,21,32-33H,10,13-14H2,1-2H3,(H,25,31)(H,27,29). The van der Waals surface area contributed by atoms with Gasteiger partial charge in [0.05, 0.1) is 5.71 Å². The zero-order valence-corrected chi connectivity index (χ0v) is 18.6. The zero-order chi connectivity index (χ0) is 24.0. The van der Waals surface area contributed by atoms with Gasteiger partial charge in [-0.1, -0.05) is 73.6 Å². The Labute approximate surface area is 192 Å². The summed E-state index contributed by atoms with van der Waals surface area (Å²) in [5.74, 6) is -1.66. The molecule has 0 spiro atoms. The normalized spacial score (nSPS) is 17.3. The highest BCUT2D eigenvalue weighted by Gasteiger charge is 2.45. The summed E-state index contributed by atoms with van der Waals surface area (Å²) in [6.07, 6.45) is 1.37. The monoisotopic (exact) mass is 452 g/mol. The first-order valence-corrected chi connectivity index (χ1v) is 10.8. The highest BCUT2D eigenvalue weighted by Crippen LogP contribution is 2.20. The second-order valence-corrected chi connectivity index (χ2v) is 8.32. The molecule has 0 aromatic heterocycles. The van der Waals surface area contributed by atoms with Crippen molar-refractivity contribution in [3.63, 3.8) is 0 Å². The zero-order valence-electron chi connectivity index (χ0n) is 18.6.